The lowest BCUT2D eigenvalue weighted by Crippen LogP contribution is -2.36. The molecule has 1 fully saturated rings. The number of rotatable bonds is 6. The second-order valence-corrected chi connectivity index (χ2v) is 8.49. The molecule has 1 aliphatic rings. The van der Waals surface area contributed by atoms with Gasteiger partial charge in [-0.25, -0.2) is 12.9 Å². The summed E-state index contributed by atoms with van der Waals surface area (Å²) in [4.78, 5) is 14.0. The van der Waals surface area contributed by atoms with E-state index in [0.29, 0.717) is 25.9 Å². The molecular weight excluding hydrogens is 328 g/mol. The molecular formula is C16H22N4O3S. The van der Waals surface area contributed by atoms with E-state index in [0.717, 1.165) is 11.1 Å². The van der Waals surface area contributed by atoms with Gasteiger partial charge in [0.25, 0.3) is 0 Å². The molecule has 1 atom stereocenters. The van der Waals surface area contributed by atoms with Crippen molar-refractivity contribution in [1.29, 1.82) is 0 Å². The number of sulfone groups is 1. The highest BCUT2D eigenvalue weighted by Gasteiger charge is 2.30. The fraction of sp³-hybridized carbons (Fsp3) is 0.500. The molecule has 2 aromatic rings. The second kappa shape index (κ2) is 6.90. The minimum absolute atomic E-state index is 0.0300. The molecule has 24 heavy (non-hydrogen) atoms. The number of hydrogen-bond donors (Lipinski definition) is 1. The van der Waals surface area contributed by atoms with Gasteiger partial charge in [-0.15, -0.1) is 0 Å². The number of nitrogens with zero attached hydrogens (tertiary/aromatic N) is 3. The van der Waals surface area contributed by atoms with Gasteiger partial charge in [-0.3, -0.25) is 4.79 Å². The zero-order valence-corrected chi connectivity index (χ0v) is 14.5. The van der Waals surface area contributed by atoms with Gasteiger partial charge in [0.2, 0.25) is 5.91 Å². The van der Waals surface area contributed by atoms with Gasteiger partial charge in [0, 0.05) is 37.3 Å². The first-order chi connectivity index (χ1) is 11.4. The minimum atomic E-state index is -2.89. The summed E-state index contributed by atoms with van der Waals surface area (Å²) in [5.74, 6) is 0.411. The average molecular weight is 350 g/mol. The lowest BCUT2D eigenvalue weighted by molar-refractivity contribution is -0.121. The third-order valence-electron chi connectivity index (χ3n) is 4.51. The molecule has 0 saturated carbocycles. The summed E-state index contributed by atoms with van der Waals surface area (Å²) in [5, 5.41) is 7.14. The molecule has 1 aliphatic heterocycles. The fourth-order valence-corrected chi connectivity index (χ4v) is 4.79. The van der Waals surface area contributed by atoms with Crippen LogP contribution in [0.5, 0.6) is 0 Å². The van der Waals surface area contributed by atoms with Crippen LogP contribution in [-0.4, -0.2) is 60.0 Å². The van der Waals surface area contributed by atoms with E-state index in [9.17, 15) is 13.2 Å². The van der Waals surface area contributed by atoms with E-state index in [4.69, 9.17) is 0 Å². The molecule has 0 bridgehead atoms. The Balaban J connectivity index is 1.46. The van der Waals surface area contributed by atoms with Gasteiger partial charge < -0.3 is 10.2 Å². The molecule has 3 rings (SSSR count). The molecule has 130 valence electrons. The van der Waals surface area contributed by atoms with Crippen LogP contribution >= 0.6 is 0 Å². The maximum atomic E-state index is 12.0. The van der Waals surface area contributed by atoms with Gasteiger partial charge in [0.05, 0.1) is 23.2 Å². The Morgan fingerprint density at radius 1 is 1.46 bits per heavy atom. The van der Waals surface area contributed by atoms with Gasteiger partial charge in [0.1, 0.15) is 0 Å². The van der Waals surface area contributed by atoms with Crippen molar-refractivity contribution in [2.24, 2.45) is 0 Å². The Bertz CT molecular complexity index is 831. The number of carbonyl (C=O) groups excluding carboxylic acids is 1. The van der Waals surface area contributed by atoms with Gasteiger partial charge in [-0.1, -0.05) is 6.07 Å². The molecule has 7 nitrogen and oxygen atoms in total. The molecule has 0 radical (unpaired) electrons. The second-order valence-electron chi connectivity index (χ2n) is 6.26. The van der Waals surface area contributed by atoms with Crippen LogP contribution in [0, 0.1) is 0 Å². The topological polar surface area (TPSA) is 83.8 Å². The van der Waals surface area contributed by atoms with E-state index in [1.54, 1.807) is 10.7 Å². The summed E-state index contributed by atoms with van der Waals surface area (Å²) in [7, 11) is -1.01. The molecule has 0 unspecified atom stereocenters. The number of fused-ring (bicyclic) bond motifs is 1. The number of carbonyl (C=O) groups is 1. The first-order valence-corrected chi connectivity index (χ1v) is 9.85. The van der Waals surface area contributed by atoms with Crippen LogP contribution in [0.1, 0.15) is 18.4 Å². The molecule has 0 aromatic carbocycles. The Hall–Kier alpha value is -1.93. The van der Waals surface area contributed by atoms with E-state index in [1.807, 2.05) is 36.3 Å². The van der Waals surface area contributed by atoms with Crippen LogP contribution in [-0.2, 0) is 21.2 Å². The number of amides is 1. The molecule has 1 amide bonds. The van der Waals surface area contributed by atoms with Crippen molar-refractivity contribution in [3.8, 4) is 0 Å². The Morgan fingerprint density at radius 2 is 2.29 bits per heavy atom. The van der Waals surface area contributed by atoms with Gasteiger partial charge >= 0.3 is 0 Å². The molecule has 8 heteroatoms. The van der Waals surface area contributed by atoms with Crippen LogP contribution in [0.25, 0.3) is 5.52 Å². The summed E-state index contributed by atoms with van der Waals surface area (Å²) >= 11 is 0. The summed E-state index contributed by atoms with van der Waals surface area (Å²) in [5.41, 5.74) is 1.95. The number of aromatic nitrogens is 2. The number of pyridine rings is 1. The Labute approximate surface area is 141 Å². The van der Waals surface area contributed by atoms with Crippen molar-refractivity contribution in [1.82, 2.24) is 19.8 Å². The monoisotopic (exact) mass is 350 g/mol. The first kappa shape index (κ1) is 16.9. The maximum absolute atomic E-state index is 12.0. The Kier molecular flexibility index (Phi) is 4.86. The van der Waals surface area contributed by atoms with Crippen molar-refractivity contribution >= 4 is 21.3 Å². The fourth-order valence-electron chi connectivity index (χ4n) is 2.99. The predicted molar refractivity (Wildman–Crippen MR) is 91.3 cm³/mol. The summed E-state index contributed by atoms with van der Waals surface area (Å²) in [6, 6.07) is 5.83. The third-order valence-corrected chi connectivity index (χ3v) is 6.26. The Morgan fingerprint density at radius 3 is 3.04 bits per heavy atom. The summed E-state index contributed by atoms with van der Waals surface area (Å²) in [6.07, 6.45) is 4.63. The highest BCUT2D eigenvalue weighted by Crippen LogP contribution is 2.16. The standard InChI is InChI=1S/C16H22N4O3S/c1-19(14-6-9-24(22,23)12-14)8-5-16(21)17-10-13-11-18-20-7-3-2-4-15(13)20/h2-4,7,11,14H,5-6,8-10,12H2,1H3,(H,17,21)/t14-/m0/s1. The van der Waals surface area contributed by atoms with Crippen LogP contribution < -0.4 is 5.32 Å². The quantitative estimate of drug-likeness (QED) is 0.818. The lowest BCUT2D eigenvalue weighted by atomic mass is 10.2. The molecule has 1 saturated heterocycles. The largest absolute Gasteiger partial charge is 0.352 e. The van der Waals surface area contributed by atoms with Crippen LogP contribution in [0.4, 0.5) is 0 Å². The van der Waals surface area contributed by atoms with E-state index in [1.165, 1.54) is 0 Å². The highest BCUT2D eigenvalue weighted by atomic mass is 32.2. The average Bonchev–Trinajstić information content (AvgIpc) is 3.13. The van der Waals surface area contributed by atoms with Crippen LogP contribution in [0.3, 0.4) is 0 Å². The van der Waals surface area contributed by atoms with E-state index < -0.39 is 9.84 Å². The summed E-state index contributed by atoms with van der Waals surface area (Å²) in [6.45, 7) is 0.995. The van der Waals surface area contributed by atoms with Crippen molar-refractivity contribution in [3.63, 3.8) is 0 Å². The van der Waals surface area contributed by atoms with E-state index in [2.05, 4.69) is 10.4 Å². The van der Waals surface area contributed by atoms with E-state index >= 15 is 0 Å². The zero-order chi connectivity index (χ0) is 17.2. The minimum Gasteiger partial charge on any atom is -0.352 e. The van der Waals surface area contributed by atoms with Crippen molar-refractivity contribution in [3.05, 3.63) is 36.2 Å². The summed E-state index contributed by atoms with van der Waals surface area (Å²) < 4.78 is 24.8. The van der Waals surface area contributed by atoms with E-state index in [-0.39, 0.29) is 23.5 Å². The van der Waals surface area contributed by atoms with Crippen molar-refractivity contribution in [2.75, 3.05) is 25.1 Å². The van der Waals surface area contributed by atoms with Gasteiger partial charge in [0.15, 0.2) is 9.84 Å². The predicted octanol–water partition coefficient (Wildman–Crippen LogP) is 0.459. The van der Waals surface area contributed by atoms with Crippen molar-refractivity contribution < 1.29 is 13.2 Å². The molecule has 1 N–H and O–H groups in total. The molecule has 2 aromatic heterocycles. The molecule has 3 heterocycles. The van der Waals surface area contributed by atoms with Crippen LogP contribution in [0.2, 0.25) is 0 Å². The lowest BCUT2D eigenvalue weighted by Gasteiger charge is -2.22. The molecule has 0 spiro atoms. The smallest absolute Gasteiger partial charge is 0.221 e. The normalized spacial score (nSPS) is 19.8. The maximum Gasteiger partial charge on any atom is 0.221 e. The number of nitrogens with one attached hydrogen (secondary N) is 1. The number of hydrogen-bond acceptors (Lipinski definition) is 5. The SMILES string of the molecule is CN(CCC(=O)NCc1cnn2ccccc12)[C@H]1CCS(=O)(=O)C1. The van der Waals surface area contributed by atoms with Crippen LogP contribution in [0.15, 0.2) is 30.6 Å². The van der Waals surface area contributed by atoms with Gasteiger partial charge in [-0.05, 0) is 25.6 Å². The first-order valence-electron chi connectivity index (χ1n) is 8.03. The zero-order valence-electron chi connectivity index (χ0n) is 13.7. The van der Waals surface area contributed by atoms with Crippen molar-refractivity contribution in [2.45, 2.75) is 25.4 Å². The molecule has 0 aliphatic carbocycles. The third kappa shape index (κ3) is 3.93. The van der Waals surface area contributed by atoms with Gasteiger partial charge in [-0.2, -0.15) is 5.10 Å². The highest BCUT2D eigenvalue weighted by molar-refractivity contribution is 7.91.